The summed E-state index contributed by atoms with van der Waals surface area (Å²) in [6, 6.07) is 9.09. The SMILES string of the molecule is CC1(C)C[C@H](N2CCCc3cc(Cl)cc(-c4ccnc5cc(Cn6c(=O)ccn(CC(F)(F)F)c6=O)sc45)c32)CN1. The summed E-state index contributed by atoms with van der Waals surface area (Å²) in [5.74, 6) is 0. The number of hydrogen-bond donors (Lipinski definition) is 1. The Labute approximate surface area is 243 Å². The smallest absolute Gasteiger partial charge is 0.366 e. The molecular formula is C29H29ClF3N5O2S. The summed E-state index contributed by atoms with van der Waals surface area (Å²) in [5, 5.41) is 4.28. The lowest BCUT2D eigenvalue weighted by Gasteiger charge is -2.38. The summed E-state index contributed by atoms with van der Waals surface area (Å²) in [7, 11) is 0. The van der Waals surface area contributed by atoms with Crippen molar-refractivity contribution in [2.24, 2.45) is 0 Å². The predicted octanol–water partition coefficient (Wildman–Crippen LogP) is 5.44. The zero-order valence-electron chi connectivity index (χ0n) is 22.6. The average molecular weight is 604 g/mol. The minimum atomic E-state index is -4.59. The number of fused-ring (bicyclic) bond motifs is 2. The minimum Gasteiger partial charge on any atom is -0.366 e. The zero-order chi connectivity index (χ0) is 29.1. The van der Waals surface area contributed by atoms with E-state index in [0.29, 0.717) is 26.0 Å². The summed E-state index contributed by atoms with van der Waals surface area (Å²) < 4.78 is 41.1. The molecule has 7 nitrogen and oxygen atoms in total. The second-order valence-corrected chi connectivity index (χ2v) is 13.0. The molecule has 3 aromatic heterocycles. The van der Waals surface area contributed by atoms with Crippen LogP contribution in [0.3, 0.4) is 0 Å². The molecule has 5 heterocycles. The topological polar surface area (TPSA) is 72.2 Å². The predicted molar refractivity (Wildman–Crippen MR) is 156 cm³/mol. The van der Waals surface area contributed by atoms with Gasteiger partial charge in [-0.15, -0.1) is 11.3 Å². The number of halogens is 4. The van der Waals surface area contributed by atoms with Crippen LogP contribution in [-0.2, 0) is 19.5 Å². The molecule has 1 N–H and O–H groups in total. The fraction of sp³-hybridized carbons (Fsp3) is 0.414. The molecule has 0 unspecified atom stereocenters. The first-order valence-corrected chi connectivity index (χ1v) is 14.7. The molecule has 0 amide bonds. The lowest BCUT2D eigenvalue weighted by Crippen LogP contribution is -2.41. The number of anilines is 1. The highest BCUT2D eigenvalue weighted by molar-refractivity contribution is 7.19. The third kappa shape index (κ3) is 5.54. The Morgan fingerprint density at radius 3 is 2.71 bits per heavy atom. The van der Waals surface area contributed by atoms with E-state index in [1.165, 1.54) is 22.6 Å². The highest BCUT2D eigenvalue weighted by Gasteiger charge is 2.37. The van der Waals surface area contributed by atoms with Gasteiger partial charge in [-0.1, -0.05) is 11.6 Å². The van der Waals surface area contributed by atoms with Crippen LogP contribution < -0.4 is 21.5 Å². The second-order valence-electron chi connectivity index (χ2n) is 11.4. The van der Waals surface area contributed by atoms with Crippen molar-refractivity contribution in [3.05, 3.63) is 79.0 Å². The number of rotatable bonds is 5. The van der Waals surface area contributed by atoms with Crippen LogP contribution in [0.4, 0.5) is 18.9 Å². The molecule has 41 heavy (non-hydrogen) atoms. The molecule has 2 aliphatic rings. The van der Waals surface area contributed by atoms with E-state index < -0.39 is 24.0 Å². The second kappa shape index (κ2) is 10.3. The van der Waals surface area contributed by atoms with Crippen molar-refractivity contribution < 1.29 is 13.2 Å². The van der Waals surface area contributed by atoms with E-state index in [-0.39, 0.29) is 12.1 Å². The lowest BCUT2D eigenvalue weighted by atomic mass is 9.91. The first kappa shape index (κ1) is 28.0. The van der Waals surface area contributed by atoms with E-state index in [4.69, 9.17) is 11.6 Å². The van der Waals surface area contributed by atoms with Crippen molar-refractivity contribution in [2.75, 3.05) is 18.0 Å². The highest BCUT2D eigenvalue weighted by Crippen LogP contribution is 2.45. The molecule has 0 radical (unpaired) electrons. The molecule has 1 aromatic carbocycles. The van der Waals surface area contributed by atoms with Crippen LogP contribution in [0.2, 0.25) is 5.02 Å². The van der Waals surface area contributed by atoms with Gasteiger partial charge in [0.2, 0.25) is 0 Å². The summed E-state index contributed by atoms with van der Waals surface area (Å²) in [6.07, 6.45) is 0.996. The first-order chi connectivity index (χ1) is 19.4. The van der Waals surface area contributed by atoms with Gasteiger partial charge < -0.3 is 10.2 Å². The van der Waals surface area contributed by atoms with Gasteiger partial charge in [0.1, 0.15) is 6.54 Å². The van der Waals surface area contributed by atoms with E-state index in [9.17, 15) is 22.8 Å². The van der Waals surface area contributed by atoms with Crippen LogP contribution in [0.1, 0.15) is 37.1 Å². The van der Waals surface area contributed by atoms with Gasteiger partial charge in [-0.05, 0) is 62.9 Å². The van der Waals surface area contributed by atoms with E-state index in [1.54, 1.807) is 12.3 Å². The molecule has 2 aliphatic heterocycles. The normalized spacial score (nSPS) is 18.7. The number of aryl methyl sites for hydroxylation is 1. The third-order valence-electron chi connectivity index (χ3n) is 7.85. The Morgan fingerprint density at radius 1 is 1.17 bits per heavy atom. The van der Waals surface area contributed by atoms with Gasteiger partial charge in [-0.3, -0.25) is 18.9 Å². The average Bonchev–Trinajstić information content (AvgIpc) is 3.48. The molecule has 6 rings (SSSR count). The van der Waals surface area contributed by atoms with Gasteiger partial charge in [0.05, 0.1) is 16.8 Å². The van der Waals surface area contributed by atoms with Gasteiger partial charge in [-0.2, -0.15) is 13.2 Å². The minimum absolute atomic E-state index is 0.0512. The van der Waals surface area contributed by atoms with E-state index >= 15 is 0 Å². The molecule has 1 saturated heterocycles. The van der Waals surface area contributed by atoms with Crippen LogP contribution in [0, 0.1) is 0 Å². The molecule has 1 fully saturated rings. The Balaban J connectivity index is 1.43. The molecule has 0 bridgehead atoms. The van der Waals surface area contributed by atoms with Gasteiger partial charge in [0, 0.05) is 69.8 Å². The maximum atomic E-state index is 13.0. The van der Waals surface area contributed by atoms with Crippen LogP contribution in [0.25, 0.3) is 21.3 Å². The van der Waals surface area contributed by atoms with E-state index in [0.717, 1.165) is 65.0 Å². The molecule has 0 spiro atoms. The Morgan fingerprint density at radius 2 is 1.98 bits per heavy atom. The molecule has 12 heteroatoms. The van der Waals surface area contributed by atoms with Crippen molar-refractivity contribution in [2.45, 2.75) is 64.0 Å². The van der Waals surface area contributed by atoms with Gasteiger partial charge in [0.15, 0.2) is 0 Å². The maximum absolute atomic E-state index is 13.0. The largest absolute Gasteiger partial charge is 0.406 e. The highest BCUT2D eigenvalue weighted by atomic mass is 35.5. The number of benzene rings is 1. The van der Waals surface area contributed by atoms with Gasteiger partial charge >= 0.3 is 11.9 Å². The molecular weight excluding hydrogens is 575 g/mol. The maximum Gasteiger partial charge on any atom is 0.406 e. The van der Waals surface area contributed by atoms with Gasteiger partial charge in [0.25, 0.3) is 5.56 Å². The molecule has 0 aliphatic carbocycles. The first-order valence-electron chi connectivity index (χ1n) is 13.5. The molecule has 1 atom stereocenters. The fourth-order valence-corrected chi connectivity index (χ4v) is 7.48. The van der Waals surface area contributed by atoms with Crippen LogP contribution in [0.5, 0.6) is 0 Å². The van der Waals surface area contributed by atoms with E-state index in [1.807, 2.05) is 18.2 Å². The quantitative estimate of drug-likeness (QED) is 0.329. The van der Waals surface area contributed by atoms with Gasteiger partial charge in [-0.25, -0.2) is 4.79 Å². The molecule has 4 aromatic rings. The third-order valence-corrected chi connectivity index (χ3v) is 9.21. The van der Waals surface area contributed by atoms with Crippen molar-refractivity contribution in [3.8, 4) is 11.1 Å². The Kier molecular flexibility index (Phi) is 7.02. The zero-order valence-corrected chi connectivity index (χ0v) is 24.2. The number of thiophene rings is 1. The molecule has 216 valence electrons. The van der Waals surface area contributed by atoms with Crippen molar-refractivity contribution in [3.63, 3.8) is 0 Å². The number of nitrogens with zero attached hydrogens (tertiary/aromatic N) is 4. The standard InChI is InChI=1S/C29H29ClF3N5O2S/c1-28(2)13-19(14-35-28)37-8-3-4-17-10-18(30)11-22(25(17)37)21-5-7-34-23-12-20(41-26(21)23)15-38-24(39)6-9-36(27(38)40)16-29(31,32)33/h5-7,9-12,19,35H,3-4,8,13-16H2,1-2H3/t19-/m0/s1. The summed E-state index contributed by atoms with van der Waals surface area (Å²) >= 11 is 8.02. The summed E-state index contributed by atoms with van der Waals surface area (Å²) in [4.78, 5) is 32.9. The fourth-order valence-electron chi connectivity index (χ4n) is 6.10. The van der Waals surface area contributed by atoms with E-state index in [2.05, 4.69) is 29.0 Å². The van der Waals surface area contributed by atoms with Crippen molar-refractivity contribution in [1.82, 2.24) is 19.4 Å². The van der Waals surface area contributed by atoms with Crippen LogP contribution in [0.15, 0.2) is 52.3 Å². The number of hydrogen-bond acceptors (Lipinski definition) is 6. The lowest BCUT2D eigenvalue weighted by molar-refractivity contribution is -0.141. The van der Waals surface area contributed by atoms with Crippen molar-refractivity contribution in [1.29, 1.82) is 0 Å². The molecule has 0 saturated carbocycles. The summed E-state index contributed by atoms with van der Waals surface area (Å²) in [5.41, 5.74) is 3.38. The monoisotopic (exact) mass is 603 g/mol. The summed E-state index contributed by atoms with van der Waals surface area (Å²) in [6.45, 7) is 4.65. The number of alkyl halides is 3. The van der Waals surface area contributed by atoms with Crippen molar-refractivity contribution >= 4 is 38.8 Å². The number of pyridine rings is 1. The number of aromatic nitrogens is 3. The number of nitrogens with one attached hydrogen (secondary N) is 1. The Hall–Kier alpha value is -3.15. The van der Waals surface area contributed by atoms with Crippen LogP contribution >= 0.6 is 22.9 Å². The van der Waals surface area contributed by atoms with Crippen LogP contribution in [-0.4, -0.2) is 45.0 Å². The Bertz CT molecular complexity index is 1760.